The first kappa shape index (κ1) is 19.4. The number of anilines is 1. The number of aryl methyl sites for hydroxylation is 1. The molecule has 2 aromatic rings. The fourth-order valence-corrected chi connectivity index (χ4v) is 5.53. The normalized spacial score (nSPS) is 18.2. The number of rotatable bonds is 5. The first-order valence-electron chi connectivity index (χ1n) is 8.25. The lowest BCUT2D eigenvalue weighted by molar-refractivity contribution is -0.387. The molecule has 1 unspecified atom stereocenters. The molecular formula is C16H18N4O5S2. The van der Waals surface area contributed by atoms with Gasteiger partial charge >= 0.3 is 0 Å². The van der Waals surface area contributed by atoms with E-state index in [9.17, 15) is 23.3 Å². The number of hydrogen-bond acceptors (Lipinski definition) is 7. The lowest BCUT2D eigenvalue weighted by Gasteiger charge is -2.31. The van der Waals surface area contributed by atoms with E-state index in [2.05, 4.69) is 10.3 Å². The van der Waals surface area contributed by atoms with E-state index < -0.39 is 26.6 Å². The molecule has 27 heavy (non-hydrogen) atoms. The lowest BCUT2D eigenvalue weighted by atomic mass is 9.99. The number of aromatic nitrogens is 1. The summed E-state index contributed by atoms with van der Waals surface area (Å²) in [5, 5.41) is 16.2. The molecule has 0 bridgehead atoms. The van der Waals surface area contributed by atoms with E-state index in [1.54, 1.807) is 11.6 Å². The summed E-state index contributed by atoms with van der Waals surface area (Å²) in [6.45, 7) is 1.72. The summed E-state index contributed by atoms with van der Waals surface area (Å²) in [5.74, 6) is -0.843. The fraction of sp³-hybridized carbons (Fsp3) is 0.375. The number of nitrogens with one attached hydrogen (secondary N) is 1. The number of piperidine rings is 1. The average Bonchev–Trinajstić information content (AvgIpc) is 3.14. The van der Waals surface area contributed by atoms with Crippen LogP contribution >= 0.6 is 11.3 Å². The van der Waals surface area contributed by atoms with Crippen LogP contribution < -0.4 is 5.32 Å². The number of sulfonamides is 1. The molecule has 2 heterocycles. The summed E-state index contributed by atoms with van der Waals surface area (Å²) in [4.78, 5) is 26.7. The van der Waals surface area contributed by atoms with Crippen LogP contribution in [0, 0.1) is 23.0 Å². The Morgan fingerprint density at radius 2 is 2.22 bits per heavy atom. The molecule has 1 aromatic carbocycles. The van der Waals surface area contributed by atoms with Crippen molar-refractivity contribution >= 4 is 38.1 Å². The molecular weight excluding hydrogens is 392 g/mol. The molecule has 0 radical (unpaired) electrons. The SMILES string of the molecule is Cc1cccc([N+](=O)[O-])c1S(=O)(=O)N1CCCC(C(=O)Nc2nccs2)C1. The topological polar surface area (TPSA) is 123 Å². The predicted octanol–water partition coefficient (Wildman–Crippen LogP) is 2.40. The first-order chi connectivity index (χ1) is 12.8. The van der Waals surface area contributed by atoms with Crippen LogP contribution in [0.15, 0.2) is 34.7 Å². The summed E-state index contributed by atoms with van der Waals surface area (Å²) in [6, 6.07) is 4.15. The number of thiazole rings is 1. The van der Waals surface area contributed by atoms with Gasteiger partial charge in [-0.15, -0.1) is 11.3 Å². The fourth-order valence-electron chi connectivity index (χ4n) is 3.11. The van der Waals surface area contributed by atoms with Crippen molar-refractivity contribution in [1.29, 1.82) is 0 Å². The van der Waals surface area contributed by atoms with Crippen LogP contribution in [-0.4, -0.2) is 41.6 Å². The molecule has 1 aromatic heterocycles. The Morgan fingerprint density at radius 3 is 2.89 bits per heavy atom. The second kappa shape index (κ2) is 7.71. The highest BCUT2D eigenvalue weighted by atomic mass is 32.2. The molecule has 1 amide bonds. The summed E-state index contributed by atoms with van der Waals surface area (Å²) < 4.78 is 27.4. The minimum atomic E-state index is -4.10. The van der Waals surface area contributed by atoms with Crippen molar-refractivity contribution in [2.24, 2.45) is 5.92 Å². The number of hydrogen-bond donors (Lipinski definition) is 1. The van der Waals surface area contributed by atoms with Crippen LogP contribution in [0.4, 0.5) is 10.8 Å². The number of nitrogens with zero attached hydrogens (tertiary/aromatic N) is 3. The van der Waals surface area contributed by atoms with Gasteiger partial charge in [-0.25, -0.2) is 13.4 Å². The molecule has 3 rings (SSSR count). The van der Waals surface area contributed by atoms with Gasteiger partial charge < -0.3 is 5.32 Å². The molecule has 1 atom stereocenters. The van der Waals surface area contributed by atoms with E-state index in [-0.39, 0.29) is 23.9 Å². The van der Waals surface area contributed by atoms with Gasteiger partial charge in [0.1, 0.15) is 0 Å². The number of amides is 1. The van der Waals surface area contributed by atoms with E-state index in [1.807, 2.05) is 0 Å². The Kier molecular flexibility index (Phi) is 5.53. The van der Waals surface area contributed by atoms with Gasteiger partial charge in [0.2, 0.25) is 15.9 Å². The highest BCUT2D eigenvalue weighted by molar-refractivity contribution is 7.89. The maximum absolute atomic E-state index is 13.1. The van der Waals surface area contributed by atoms with Crippen molar-refractivity contribution < 1.29 is 18.1 Å². The molecule has 9 nitrogen and oxygen atoms in total. The second-order valence-electron chi connectivity index (χ2n) is 6.21. The zero-order valence-corrected chi connectivity index (χ0v) is 16.1. The molecule has 144 valence electrons. The number of carbonyl (C=O) groups is 1. The van der Waals surface area contributed by atoms with Crippen molar-refractivity contribution in [3.05, 3.63) is 45.5 Å². The van der Waals surface area contributed by atoms with Gasteiger partial charge in [0, 0.05) is 30.7 Å². The summed E-state index contributed by atoms with van der Waals surface area (Å²) >= 11 is 1.28. The molecule has 0 saturated carbocycles. The minimum absolute atomic E-state index is 0.0228. The Balaban J connectivity index is 1.85. The van der Waals surface area contributed by atoms with E-state index in [0.29, 0.717) is 23.5 Å². The highest BCUT2D eigenvalue weighted by Gasteiger charge is 2.37. The highest BCUT2D eigenvalue weighted by Crippen LogP contribution is 2.32. The van der Waals surface area contributed by atoms with Crippen LogP contribution in [0.1, 0.15) is 18.4 Å². The maximum atomic E-state index is 13.1. The van der Waals surface area contributed by atoms with E-state index in [4.69, 9.17) is 0 Å². The molecule has 0 spiro atoms. The largest absolute Gasteiger partial charge is 0.302 e. The number of benzene rings is 1. The van der Waals surface area contributed by atoms with E-state index in [1.165, 1.54) is 36.5 Å². The molecule has 1 fully saturated rings. The summed E-state index contributed by atoms with van der Waals surface area (Å²) in [6.07, 6.45) is 2.60. The van der Waals surface area contributed by atoms with Crippen molar-refractivity contribution in [2.75, 3.05) is 18.4 Å². The van der Waals surface area contributed by atoms with Crippen molar-refractivity contribution in [3.63, 3.8) is 0 Å². The van der Waals surface area contributed by atoms with Gasteiger partial charge in [0.25, 0.3) is 5.69 Å². The molecule has 1 saturated heterocycles. The molecule has 1 N–H and O–H groups in total. The van der Waals surface area contributed by atoms with Crippen LogP contribution in [0.2, 0.25) is 0 Å². The number of nitro groups is 1. The smallest absolute Gasteiger partial charge is 0.289 e. The minimum Gasteiger partial charge on any atom is -0.302 e. The molecule has 11 heteroatoms. The van der Waals surface area contributed by atoms with Crippen molar-refractivity contribution in [1.82, 2.24) is 9.29 Å². The van der Waals surface area contributed by atoms with E-state index >= 15 is 0 Å². The standard InChI is InChI=1S/C16H18N4O5S2/c1-11-4-2-6-13(20(22)23)14(11)27(24,25)19-8-3-5-12(10-19)15(21)18-16-17-7-9-26-16/h2,4,6-7,9,12H,3,5,8,10H2,1H3,(H,17,18,21). The van der Waals surface area contributed by atoms with Gasteiger partial charge in [-0.05, 0) is 25.3 Å². The lowest BCUT2D eigenvalue weighted by Crippen LogP contribution is -2.44. The zero-order chi connectivity index (χ0) is 19.6. The monoisotopic (exact) mass is 410 g/mol. The number of carbonyl (C=O) groups excluding carboxylic acids is 1. The first-order valence-corrected chi connectivity index (χ1v) is 10.6. The molecule has 0 aliphatic carbocycles. The third-order valence-corrected chi connectivity index (χ3v) is 7.15. The second-order valence-corrected chi connectivity index (χ2v) is 8.98. The van der Waals surface area contributed by atoms with Gasteiger partial charge in [0.05, 0.1) is 10.8 Å². The Morgan fingerprint density at radius 1 is 1.44 bits per heavy atom. The third-order valence-electron chi connectivity index (χ3n) is 4.40. The van der Waals surface area contributed by atoms with Crippen LogP contribution in [0.3, 0.4) is 0 Å². The van der Waals surface area contributed by atoms with Crippen molar-refractivity contribution in [3.8, 4) is 0 Å². The Bertz CT molecular complexity index is 959. The zero-order valence-electron chi connectivity index (χ0n) is 14.5. The summed E-state index contributed by atoms with van der Waals surface area (Å²) in [7, 11) is -4.10. The van der Waals surface area contributed by atoms with Crippen LogP contribution in [0.5, 0.6) is 0 Å². The Hall–Kier alpha value is -2.37. The third kappa shape index (κ3) is 3.99. The van der Waals surface area contributed by atoms with Gasteiger partial charge in [-0.2, -0.15) is 4.31 Å². The predicted molar refractivity (Wildman–Crippen MR) is 100 cm³/mol. The number of nitro benzene ring substituents is 1. The van der Waals surface area contributed by atoms with Crippen LogP contribution in [0.25, 0.3) is 0 Å². The summed E-state index contributed by atoms with van der Waals surface area (Å²) in [5.41, 5.74) is -0.150. The van der Waals surface area contributed by atoms with Gasteiger partial charge in [-0.3, -0.25) is 14.9 Å². The van der Waals surface area contributed by atoms with Gasteiger partial charge in [0.15, 0.2) is 10.0 Å². The van der Waals surface area contributed by atoms with Crippen molar-refractivity contribution in [2.45, 2.75) is 24.7 Å². The average molecular weight is 410 g/mol. The molecule has 1 aliphatic rings. The molecule has 1 aliphatic heterocycles. The Labute approximate surface area is 160 Å². The van der Waals surface area contributed by atoms with Crippen LogP contribution in [-0.2, 0) is 14.8 Å². The van der Waals surface area contributed by atoms with Gasteiger partial charge in [-0.1, -0.05) is 12.1 Å². The van der Waals surface area contributed by atoms with E-state index in [0.717, 1.165) is 4.31 Å². The maximum Gasteiger partial charge on any atom is 0.289 e. The quantitative estimate of drug-likeness (QED) is 0.596.